The average molecular weight is 467 g/mol. The summed E-state index contributed by atoms with van der Waals surface area (Å²) in [5.74, 6) is -1.09. The van der Waals surface area contributed by atoms with E-state index in [0.717, 1.165) is 16.4 Å². The summed E-state index contributed by atoms with van der Waals surface area (Å²) in [5, 5.41) is 2.41. The lowest BCUT2D eigenvalue weighted by molar-refractivity contribution is -0.274. The van der Waals surface area contributed by atoms with Crippen molar-refractivity contribution < 1.29 is 31.1 Å². The molecule has 0 heterocycles. The molecule has 2 rings (SSSR count). The van der Waals surface area contributed by atoms with Gasteiger partial charge in [0.25, 0.3) is 0 Å². The average Bonchev–Trinajstić information content (AvgIpc) is 2.55. The molecule has 2 aromatic carbocycles. The summed E-state index contributed by atoms with van der Waals surface area (Å²) in [7, 11) is -2.62. The van der Waals surface area contributed by atoms with Crippen LogP contribution in [0, 0.1) is 0 Å². The van der Waals surface area contributed by atoms with Gasteiger partial charge in [-0.3, -0.25) is 4.79 Å². The van der Waals surface area contributed by atoms with Crippen molar-refractivity contribution in [3.63, 3.8) is 0 Å². The van der Waals surface area contributed by atoms with Gasteiger partial charge in [-0.15, -0.1) is 13.2 Å². The summed E-state index contributed by atoms with van der Waals surface area (Å²) in [5.41, 5.74) is 0.198. The molecule has 0 aromatic heterocycles. The van der Waals surface area contributed by atoms with Gasteiger partial charge in [0.2, 0.25) is 15.9 Å². The Kier molecular flexibility index (Phi) is 6.50. The van der Waals surface area contributed by atoms with Crippen molar-refractivity contribution in [1.82, 2.24) is 4.31 Å². The fourth-order valence-electron chi connectivity index (χ4n) is 2.01. The fourth-order valence-corrected chi connectivity index (χ4v) is 3.41. The largest absolute Gasteiger partial charge is 0.573 e. The van der Waals surface area contributed by atoms with E-state index >= 15 is 0 Å². The van der Waals surface area contributed by atoms with Crippen LogP contribution in [0.5, 0.6) is 5.75 Å². The van der Waals surface area contributed by atoms with Gasteiger partial charge in [0.05, 0.1) is 11.4 Å². The maximum atomic E-state index is 12.4. The minimum Gasteiger partial charge on any atom is -0.406 e. The molecule has 0 bridgehead atoms. The van der Waals surface area contributed by atoms with Crippen LogP contribution in [0.4, 0.5) is 18.9 Å². The lowest BCUT2D eigenvalue weighted by Gasteiger charge is -2.17. The number of alkyl halides is 3. The predicted molar refractivity (Wildman–Crippen MR) is 95.7 cm³/mol. The maximum Gasteiger partial charge on any atom is 0.573 e. The van der Waals surface area contributed by atoms with Gasteiger partial charge in [0, 0.05) is 17.2 Å². The van der Waals surface area contributed by atoms with Crippen LogP contribution >= 0.6 is 15.9 Å². The van der Waals surface area contributed by atoms with Crippen LogP contribution < -0.4 is 10.1 Å². The minimum atomic E-state index is -4.81. The van der Waals surface area contributed by atoms with Gasteiger partial charge in [-0.1, -0.05) is 15.9 Å². The first kappa shape index (κ1) is 21.2. The van der Waals surface area contributed by atoms with Gasteiger partial charge in [-0.25, -0.2) is 8.42 Å². The number of likely N-dealkylation sites (N-methyl/N-ethyl adjacent to an activating group) is 1. The third-order valence-electron chi connectivity index (χ3n) is 3.26. The van der Waals surface area contributed by atoms with Gasteiger partial charge in [-0.2, -0.15) is 4.31 Å². The van der Waals surface area contributed by atoms with Crippen LogP contribution in [-0.2, 0) is 14.8 Å². The number of sulfonamides is 1. The molecule has 0 saturated heterocycles. The number of carbonyl (C=O) groups is 1. The standard InChI is InChI=1S/C16H14BrF3N2O4S/c1-22(27(24,25)14-8-2-11(17)3-9-14)10-15(23)21-12-4-6-13(7-5-12)26-16(18,19)20/h2-9H,10H2,1H3,(H,21,23). The molecule has 0 fully saturated rings. The second kappa shape index (κ2) is 8.28. The van der Waals surface area contributed by atoms with Crippen molar-refractivity contribution in [2.75, 3.05) is 18.9 Å². The first-order valence-electron chi connectivity index (χ1n) is 7.35. The highest BCUT2D eigenvalue weighted by atomic mass is 79.9. The first-order valence-corrected chi connectivity index (χ1v) is 9.58. The normalized spacial score (nSPS) is 12.1. The molecule has 0 spiro atoms. The van der Waals surface area contributed by atoms with Crippen LogP contribution in [0.25, 0.3) is 0 Å². The van der Waals surface area contributed by atoms with E-state index in [2.05, 4.69) is 26.0 Å². The van der Waals surface area contributed by atoms with E-state index in [-0.39, 0.29) is 10.6 Å². The molecule has 0 atom stereocenters. The van der Waals surface area contributed by atoms with Crippen molar-refractivity contribution in [3.05, 3.63) is 53.0 Å². The van der Waals surface area contributed by atoms with Crippen LogP contribution in [-0.4, -0.2) is 38.6 Å². The number of amides is 1. The molecule has 0 saturated carbocycles. The Balaban J connectivity index is 1.99. The van der Waals surface area contributed by atoms with Crippen molar-refractivity contribution in [3.8, 4) is 5.75 Å². The number of rotatable bonds is 6. The second-order valence-corrected chi connectivity index (χ2v) is 8.30. The maximum absolute atomic E-state index is 12.4. The van der Waals surface area contributed by atoms with Crippen LogP contribution in [0.3, 0.4) is 0 Å². The summed E-state index contributed by atoms with van der Waals surface area (Å²) >= 11 is 3.20. The van der Waals surface area contributed by atoms with Gasteiger partial charge in [0.15, 0.2) is 0 Å². The molecule has 1 amide bonds. The smallest absolute Gasteiger partial charge is 0.406 e. The molecule has 0 radical (unpaired) electrons. The molecule has 6 nitrogen and oxygen atoms in total. The Morgan fingerprint density at radius 3 is 2.19 bits per heavy atom. The molecule has 2 aromatic rings. The third kappa shape index (κ3) is 6.22. The lowest BCUT2D eigenvalue weighted by Crippen LogP contribution is -2.34. The summed E-state index contributed by atoms with van der Waals surface area (Å²) < 4.78 is 66.5. The highest BCUT2D eigenvalue weighted by Crippen LogP contribution is 2.24. The minimum absolute atomic E-state index is 0.0228. The SMILES string of the molecule is CN(CC(=O)Nc1ccc(OC(F)(F)F)cc1)S(=O)(=O)c1ccc(Br)cc1. The van der Waals surface area contributed by atoms with Crippen molar-refractivity contribution in [2.45, 2.75) is 11.3 Å². The van der Waals surface area contributed by atoms with E-state index in [1.54, 1.807) is 12.1 Å². The molecule has 0 aliphatic carbocycles. The number of ether oxygens (including phenoxy) is 1. The Labute approximate surface area is 162 Å². The van der Waals surface area contributed by atoms with Crippen molar-refractivity contribution in [1.29, 1.82) is 0 Å². The number of nitrogens with one attached hydrogen (secondary N) is 1. The van der Waals surface area contributed by atoms with Gasteiger partial charge in [0.1, 0.15) is 5.75 Å². The van der Waals surface area contributed by atoms with E-state index < -0.39 is 34.6 Å². The zero-order valence-electron chi connectivity index (χ0n) is 13.8. The summed E-state index contributed by atoms with van der Waals surface area (Å²) in [6, 6.07) is 10.4. The highest BCUT2D eigenvalue weighted by molar-refractivity contribution is 9.10. The Morgan fingerprint density at radius 1 is 1.11 bits per heavy atom. The van der Waals surface area contributed by atoms with Crippen molar-refractivity contribution >= 4 is 37.5 Å². The van der Waals surface area contributed by atoms with Crippen molar-refractivity contribution in [2.24, 2.45) is 0 Å². The molecule has 0 aliphatic heterocycles. The fraction of sp³-hybridized carbons (Fsp3) is 0.188. The van der Waals surface area contributed by atoms with Gasteiger partial charge >= 0.3 is 6.36 Å². The number of benzene rings is 2. The molecule has 1 N–H and O–H groups in total. The topological polar surface area (TPSA) is 75.7 Å². The number of hydrogen-bond acceptors (Lipinski definition) is 4. The first-order chi connectivity index (χ1) is 12.5. The number of nitrogens with zero attached hydrogens (tertiary/aromatic N) is 1. The van der Waals surface area contributed by atoms with Gasteiger partial charge < -0.3 is 10.1 Å². The summed E-state index contributed by atoms with van der Waals surface area (Å²) in [4.78, 5) is 12.1. The number of carbonyl (C=O) groups excluding carboxylic acids is 1. The Hall–Kier alpha value is -2.11. The Morgan fingerprint density at radius 2 is 1.67 bits per heavy atom. The second-order valence-electron chi connectivity index (χ2n) is 5.34. The number of anilines is 1. The number of halogens is 4. The molecule has 0 unspecified atom stereocenters. The van der Waals surface area contributed by atoms with Crippen LogP contribution in [0.1, 0.15) is 0 Å². The van der Waals surface area contributed by atoms with E-state index in [4.69, 9.17) is 0 Å². The van der Waals surface area contributed by atoms with E-state index in [9.17, 15) is 26.4 Å². The lowest BCUT2D eigenvalue weighted by atomic mass is 10.3. The summed E-state index contributed by atoms with van der Waals surface area (Å²) in [6.45, 7) is -0.473. The number of hydrogen-bond donors (Lipinski definition) is 1. The molecule has 11 heteroatoms. The zero-order chi connectivity index (χ0) is 20.2. The monoisotopic (exact) mass is 466 g/mol. The highest BCUT2D eigenvalue weighted by Gasteiger charge is 2.31. The van der Waals surface area contributed by atoms with Crippen LogP contribution in [0.15, 0.2) is 57.9 Å². The molecular formula is C16H14BrF3N2O4S. The van der Waals surface area contributed by atoms with Gasteiger partial charge in [-0.05, 0) is 48.5 Å². The third-order valence-corrected chi connectivity index (χ3v) is 5.61. The summed E-state index contributed by atoms with van der Waals surface area (Å²) in [6.07, 6.45) is -4.81. The Bertz CT molecular complexity index is 901. The van der Waals surface area contributed by atoms with E-state index in [1.165, 1.54) is 31.3 Å². The quantitative estimate of drug-likeness (QED) is 0.705. The molecule has 146 valence electrons. The molecular weight excluding hydrogens is 453 g/mol. The molecule has 0 aliphatic rings. The van der Waals surface area contributed by atoms with E-state index in [1.807, 2.05) is 0 Å². The predicted octanol–water partition coefficient (Wildman–Crippen LogP) is 3.61. The van der Waals surface area contributed by atoms with Crippen LogP contribution in [0.2, 0.25) is 0 Å². The van der Waals surface area contributed by atoms with E-state index in [0.29, 0.717) is 4.47 Å². The zero-order valence-corrected chi connectivity index (χ0v) is 16.2. The molecule has 27 heavy (non-hydrogen) atoms.